The number of carbonyl (C=O) groups is 4. The summed E-state index contributed by atoms with van der Waals surface area (Å²) in [5.41, 5.74) is -2.06. The van der Waals surface area contributed by atoms with Gasteiger partial charge in [-0.05, 0) is 0 Å². The molecule has 4 nitrogen and oxygen atoms in total. The fourth-order valence-corrected chi connectivity index (χ4v) is 0.167. The molecule has 0 bridgehead atoms. The Bertz CT molecular complexity index is 112. The van der Waals surface area contributed by atoms with Crippen molar-refractivity contribution in [2.24, 2.45) is 5.41 Å². The SMILES string of the molecule is O=CC(C=O)(C=O)C=O. The van der Waals surface area contributed by atoms with E-state index in [4.69, 9.17) is 0 Å². The Morgan fingerprint density at radius 1 is 0.667 bits per heavy atom. The number of hydrogen-bond acceptors (Lipinski definition) is 4. The maximum absolute atomic E-state index is 9.83. The summed E-state index contributed by atoms with van der Waals surface area (Å²) in [6.07, 6.45) is 0. The van der Waals surface area contributed by atoms with Gasteiger partial charge in [-0.25, -0.2) is 0 Å². The molecule has 0 aliphatic rings. The van der Waals surface area contributed by atoms with Crippen LogP contribution in [0.25, 0.3) is 0 Å². The summed E-state index contributed by atoms with van der Waals surface area (Å²) in [5, 5.41) is 0. The minimum atomic E-state index is -2.06. The van der Waals surface area contributed by atoms with Crippen molar-refractivity contribution in [3.05, 3.63) is 0 Å². The third kappa shape index (κ3) is 1.28. The van der Waals surface area contributed by atoms with Gasteiger partial charge in [-0.1, -0.05) is 0 Å². The molecule has 0 radical (unpaired) electrons. The van der Waals surface area contributed by atoms with Gasteiger partial charge in [0.25, 0.3) is 0 Å². The van der Waals surface area contributed by atoms with Crippen molar-refractivity contribution in [1.82, 2.24) is 0 Å². The average molecular weight is 128 g/mol. The molecule has 0 saturated heterocycles. The second-order valence-electron chi connectivity index (χ2n) is 1.47. The maximum Gasteiger partial charge on any atom is 0.191 e. The summed E-state index contributed by atoms with van der Waals surface area (Å²) < 4.78 is 0. The summed E-state index contributed by atoms with van der Waals surface area (Å²) in [7, 11) is 0. The molecule has 0 N–H and O–H groups in total. The molecule has 0 fully saturated rings. The van der Waals surface area contributed by atoms with E-state index in [0.717, 1.165) is 0 Å². The van der Waals surface area contributed by atoms with E-state index in [1.165, 1.54) is 0 Å². The van der Waals surface area contributed by atoms with Crippen LogP contribution in [0.2, 0.25) is 0 Å². The van der Waals surface area contributed by atoms with Crippen molar-refractivity contribution in [1.29, 1.82) is 0 Å². The van der Waals surface area contributed by atoms with Gasteiger partial charge in [0.1, 0.15) is 25.1 Å². The Kier molecular flexibility index (Phi) is 2.44. The summed E-state index contributed by atoms with van der Waals surface area (Å²) in [4.78, 5) is 39.3. The van der Waals surface area contributed by atoms with Gasteiger partial charge in [0.05, 0.1) is 0 Å². The van der Waals surface area contributed by atoms with Crippen molar-refractivity contribution >= 4 is 25.1 Å². The quantitative estimate of drug-likeness (QED) is 0.351. The van der Waals surface area contributed by atoms with Gasteiger partial charge in [-0.15, -0.1) is 0 Å². The van der Waals surface area contributed by atoms with Crippen molar-refractivity contribution < 1.29 is 19.2 Å². The molecule has 0 aromatic heterocycles. The molecule has 0 aromatic carbocycles. The van der Waals surface area contributed by atoms with Gasteiger partial charge in [-0.2, -0.15) is 0 Å². The van der Waals surface area contributed by atoms with Crippen LogP contribution in [0.1, 0.15) is 0 Å². The molecule has 9 heavy (non-hydrogen) atoms. The van der Waals surface area contributed by atoms with E-state index in [-0.39, 0.29) is 25.1 Å². The Morgan fingerprint density at radius 2 is 0.889 bits per heavy atom. The molecule has 0 saturated carbocycles. The van der Waals surface area contributed by atoms with Crippen LogP contribution in [-0.4, -0.2) is 25.1 Å². The highest BCUT2D eigenvalue weighted by Crippen LogP contribution is 1.98. The Morgan fingerprint density at radius 3 is 0.889 bits per heavy atom. The van der Waals surface area contributed by atoms with Crippen LogP contribution in [0.4, 0.5) is 0 Å². The molecular formula is C5H4O4. The fraction of sp³-hybridized carbons (Fsp3) is 0.200. The molecule has 0 unspecified atom stereocenters. The monoisotopic (exact) mass is 128 g/mol. The van der Waals surface area contributed by atoms with Crippen LogP contribution in [0.3, 0.4) is 0 Å². The predicted molar refractivity (Wildman–Crippen MR) is 26.7 cm³/mol. The number of hydrogen-bond donors (Lipinski definition) is 0. The Labute approximate surface area is 50.8 Å². The zero-order valence-corrected chi connectivity index (χ0v) is 4.44. The number of carbonyl (C=O) groups excluding carboxylic acids is 4. The van der Waals surface area contributed by atoms with E-state index >= 15 is 0 Å². The predicted octanol–water partition coefficient (Wildman–Crippen LogP) is -1.23. The van der Waals surface area contributed by atoms with Crippen molar-refractivity contribution in [3.8, 4) is 0 Å². The molecular weight excluding hydrogens is 124 g/mol. The summed E-state index contributed by atoms with van der Waals surface area (Å²) in [6, 6.07) is 0. The Hall–Kier alpha value is -1.32. The first kappa shape index (κ1) is 7.68. The largest absolute Gasteiger partial charge is 0.301 e. The van der Waals surface area contributed by atoms with Crippen LogP contribution < -0.4 is 0 Å². The smallest absolute Gasteiger partial charge is 0.191 e. The van der Waals surface area contributed by atoms with Gasteiger partial charge < -0.3 is 19.2 Å². The molecule has 0 amide bonds. The van der Waals surface area contributed by atoms with E-state index in [0.29, 0.717) is 0 Å². The second kappa shape index (κ2) is 2.86. The molecule has 0 aliphatic carbocycles. The molecule has 4 heteroatoms. The van der Waals surface area contributed by atoms with E-state index in [1.807, 2.05) is 0 Å². The first-order valence-corrected chi connectivity index (χ1v) is 2.10. The van der Waals surface area contributed by atoms with Gasteiger partial charge in [0.15, 0.2) is 5.41 Å². The molecule has 0 aliphatic heterocycles. The van der Waals surface area contributed by atoms with E-state index < -0.39 is 5.41 Å². The lowest BCUT2D eigenvalue weighted by atomic mass is 9.97. The minimum absolute atomic E-state index is 0. The van der Waals surface area contributed by atoms with Crippen molar-refractivity contribution in [2.75, 3.05) is 0 Å². The van der Waals surface area contributed by atoms with Gasteiger partial charge in [0, 0.05) is 0 Å². The molecule has 48 valence electrons. The van der Waals surface area contributed by atoms with Crippen LogP contribution in [0.5, 0.6) is 0 Å². The molecule has 0 spiro atoms. The van der Waals surface area contributed by atoms with Gasteiger partial charge in [0.2, 0.25) is 0 Å². The maximum atomic E-state index is 9.83. The van der Waals surface area contributed by atoms with Crippen LogP contribution in [-0.2, 0) is 19.2 Å². The van der Waals surface area contributed by atoms with E-state index in [9.17, 15) is 19.2 Å². The molecule has 0 aromatic rings. The highest BCUT2D eigenvalue weighted by Gasteiger charge is 2.27. The van der Waals surface area contributed by atoms with Crippen molar-refractivity contribution in [2.45, 2.75) is 0 Å². The number of aldehydes is 4. The normalized spacial score (nSPS) is 9.78. The first-order valence-electron chi connectivity index (χ1n) is 2.10. The van der Waals surface area contributed by atoms with E-state index in [1.54, 1.807) is 0 Å². The summed E-state index contributed by atoms with van der Waals surface area (Å²) >= 11 is 0. The van der Waals surface area contributed by atoms with Crippen molar-refractivity contribution in [3.63, 3.8) is 0 Å². The standard InChI is InChI=1S/C5H4O4/c6-1-5(2-7,3-8)4-9/h1-4H. The molecule has 0 rings (SSSR count). The lowest BCUT2D eigenvalue weighted by Gasteiger charge is -1.99. The topological polar surface area (TPSA) is 68.3 Å². The Balaban J connectivity index is 4.53. The highest BCUT2D eigenvalue weighted by molar-refractivity contribution is 6.16. The third-order valence-corrected chi connectivity index (χ3v) is 0.816. The van der Waals surface area contributed by atoms with E-state index in [2.05, 4.69) is 0 Å². The number of rotatable bonds is 4. The second-order valence-corrected chi connectivity index (χ2v) is 1.47. The van der Waals surface area contributed by atoms with Crippen LogP contribution in [0, 0.1) is 5.41 Å². The molecule has 0 heterocycles. The van der Waals surface area contributed by atoms with Crippen LogP contribution >= 0.6 is 0 Å². The lowest BCUT2D eigenvalue weighted by Crippen LogP contribution is -2.27. The molecule has 0 atom stereocenters. The zero-order valence-electron chi connectivity index (χ0n) is 4.44. The minimum Gasteiger partial charge on any atom is -0.301 e. The lowest BCUT2D eigenvalue weighted by molar-refractivity contribution is -0.137. The van der Waals surface area contributed by atoms with Gasteiger partial charge in [-0.3, -0.25) is 0 Å². The van der Waals surface area contributed by atoms with Gasteiger partial charge >= 0.3 is 0 Å². The summed E-state index contributed by atoms with van der Waals surface area (Å²) in [6.45, 7) is 0. The van der Waals surface area contributed by atoms with Crippen LogP contribution in [0.15, 0.2) is 0 Å². The zero-order chi connectivity index (χ0) is 7.33. The third-order valence-electron chi connectivity index (χ3n) is 0.816. The average Bonchev–Trinajstić information content (AvgIpc) is 1.95. The summed E-state index contributed by atoms with van der Waals surface area (Å²) in [5.74, 6) is 0. The highest BCUT2D eigenvalue weighted by atomic mass is 16.2. The first-order chi connectivity index (χ1) is 4.24. The fourth-order valence-electron chi connectivity index (χ4n) is 0.167.